The molecule has 2 aliphatic rings. The van der Waals surface area contributed by atoms with Gasteiger partial charge in [-0.05, 0) is 59.5 Å². The van der Waals surface area contributed by atoms with Gasteiger partial charge in [0, 0.05) is 71.1 Å². The minimum atomic E-state index is -0.799. The average molecular weight is 590 g/mol. The Hall–Kier alpha value is -4.18. The van der Waals surface area contributed by atoms with E-state index in [-0.39, 0.29) is 22.6 Å². The van der Waals surface area contributed by atoms with E-state index < -0.39 is 28.7 Å². The summed E-state index contributed by atoms with van der Waals surface area (Å²) in [5, 5.41) is 8.66. The first-order valence-corrected chi connectivity index (χ1v) is 15.4. The van der Waals surface area contributed by atoms with Crippen LogP contribution in [0.25, 0.3) is 5.70 Å². The monoisotopic (exact) mass is 589 g/mol. The molecule has 0 radical (unpaired) electrons. The molecule has 10 heteroatoms. The number of nitrogens with one attached hydrogen (secondary N) is 3. The van der Waals surface area contributed by atoms with Gasteiger partial charge in [0.15, 0.2) is 12.0 Å². The summed E-state index contributed by atoms with van der Waals surface area (Å²) in [6.07, 6.45) is 0.673. The third kappa shape index (κ3) is 6.33. The molecule has 1 atom stereocenters. The summed E-state index contributed by atoms with van der Waals surface area (Å²) in [5.74, 6) is 0.0263. The Morgan fingerprint density at radius 2 is 1.67 bits per heavy atom. The molecule has 5 rings (SSSR count). The number of carbonyl (C=O) groups excluding carboxylic acids is 2. The lowest BCUT2D eigenvalue weighted by atomic mass is 9.87. The lowest BCUT2D eigenvalue weighted by Gasteiger charge is -2.35. The molecule has 1 saturated heterocycles. The Kier molecular flexibility index (Phi) is 8.36. The van der Waals surface area contributed by atoms with Crippen molar-refractivity contribution in [3.05, 3.63) is 95.4 Å². The van der Waals surface area contributed by atoms with Gasteiger partial charge in [-0.3, -0.25) is 13.8 Å². The Bertz CT molecular complexity index is 1520. The zero-order chi connectivity index (χ0) is 30.0. The van der Waals surface area contributed by atoms with Gasteiger partial charge in [-0.1, -0.05) is 39.0 Å². The van der Waals surface area contributed by atoms with E-state index in [1.165, 1.54) is 12.3 Å². The van der Waals surface area contributed by atoms with E-state index in [0.717, 1.165) is 30.0 Å². The molecule has 0 aliphatic carbocycles. The number of anilines is 3. The van der Waals surface area contributed by atoms with Crippen LogP contribution in [0.4, 0.5) is 21.5 Å². The van der Waals surface area contributed by atoms with Crippen LogP contribution in [-0.2, 0) is 21.0 Å². The van der Waals surface area contributed by atoms with Gasteiger partial charge in [0.2, 0.25) is 0 Å². The molecule has 3 N–H and O–H groups in total. The largest absolute Gasteiger partial charge is 0.370 e. The van der Waals surface area contributed by atoms with Crippen LogP contribution in [0.5, 0.6) is 0 Å². The Balaban J connectivity index is 1.29. The molecule has 2 heterocycles. The molecule has 42 heavy (non-hydrogen) atoms. The summed E-state index contributed by atoms with van der Waals surface area (Å²) in [7, 11) is 0.967. The number of halogens is 1. The first-order valence-electron chi connectivity index (χ1n) is 13.9. The van der Waals surface area contributed by atoms with Gasteiger partial charge in [0.05, 0.1) is 11.4 Å². The van der Waals surface area contributed by atoms with Gasteiger partial charge in [0.25, 0.3) is 11.8 Å². The molecule has 8 nitrogen and oxygen atoms in total. The maximum Gasteiger partial charge on any atom is 0.267 e. The molecule has 3 aromatic carbocycles. The van der Waals surface area contributed by atoms with Crippen molar-refractivity contribution in [2.45, 2.75) is 32.4 Å². The van der Waals surface area contributed by atoms with Crippen molar-refractivity contribution in [3.63, 3.8) is 0 Å². The summed E-state index contributed by atoms with van der Waals surface area (Å²) >= 11 is 0. The zero-order valence-electron chi connectivity index (χ0n) is 24.2. The number of carbonyl (C=O) groups is 2. The number of hydrogen-bond donors (Lipinski definition) is 3. The highest BCUT2D eigenvalue weighted by Crippen LogP contribution is 2.30. The van der Waals surface area contributed by atoms with E-state index in [2.05, 4.69) is 41.6 Å². The van der Waals surface area contributed by atoms with Gasteiger partial charge in [-0.2, -0.15) is 0 Å². The van der Waals surface area contributed by atoms with Crippen LogP contribution >= 0.6 is 0 Å². The molecule has 0 saturated carbocycles. The highest BCUT2D eigenvalue weighted by Gasteiger charge is 2.31. The van der Waals surface area contributed by atoms with E-state index in [0.29, 0.717) is 22.8 Å². The molecule has 1 unspecified atom stereocenters. The predicted molar refractivity (Wildman–Crippen MR) is 167 cm³/mol. The minimum absolute atomic E-state index is 0.0442. The third-order valence-corrected chi connectivity index (χ3v) is 8.89. The highest BCUT2D eigenvalue weighted by atomic mass is 32.2. The van der Waals surface area contributed by atoms with E-state index in [9.17, 15) is 13.8 Å². The molecule has 0 bridgehead atoms. The summed E-state index contributed by atoms with van der Waals surface area (Å²) in [6, 6.07) is 19.8. The van der Waals surface area contributed by atoms with Crippen molar-refractivity contribution in [1.29, 1.82) is 0 Å². The van der Waals surface area contributed by atoms with Gasteiger partial charge < -0.3 is 25.8 Å². The highest BCUT2D eigenvalue weighted by molar-refractivity contribution is 7.85. The molecule has 0 aromatic heterocycles. The smallest absolute Gasteiger partial charge is 0.267 e. The van der Waals surface area contributed by atoms with Crippen LogP contribution in [0.2, 0.25) is 0 Å². The normalized spacial score (nSPS) is 17.9. The summed E-state index contributed by atoms with van der Waals surface area (Å²) in [6.45, 7) is 7.78. The SMILES string of the molecule is CN1C(c2cccc(NC(=O)c3ccc(C(C)(C)C)cc3)c2F)=CNC(=O)C1Nc1ccc(N2CCS(=O)CC2)cc1. The maximum absolute atomic E-state index is 15.8. The quantitative estimate of drug-likeness (QED) is 0.385. The second kappa shape index (κ2) is 12.0. The van der Waals surface area contributed by atoms with Gasteiger partial charge in [-0.15, -0.1) is 0 Å². The second-order valence-corrected chi connectivity index (χ2v) is 13.2. The van der Waals surface area contributed by atoms with E-state index in [1.54, 1.807) is 36.2 Å². The van der Waals surface area contributed by atoms with Crippen LogP contribution in [0, 0.1) is 5.82 Å². The fraction of sp³-hybridized carbons (Fsp3) is 0.312. The molecular formula is C32H36FN5O3S. The van der Waals surface area contributed by atoms with E-state index >= 15 is 4.39 Å². The molecule has 220 valence electrons. The Labute approximate surface area is 248 Å². The van der Waals surface area contributed by atoms with Crippen molar-refractivity contribution in [2.24, 2.45) is 0 Å². The van der Waals surface area contributed by atoms with Crippen molar-refractivity contribution >= 4 is 45.4 Å². The van der Waals surface area contributed by atoms with Crippen molar-refractivity contribution in [2.75, 3.05) is 47.2 Å². The molecule has 2 amide bonds. The number of benzene rings is 3. The second-order valence-electron chi connectivity index (χ2n) is 11.5. The average Bonchev–Trinajstić information content (AvgIpc) is 2.97. The van der Waals surface area contributed by atoms with Crippen LogP contribution < -0.4 is 20.9 Å². The lowest BCUT2D eigenvalue weighted by Crippen LogP contribution is -2.51. The third-order valence-electron chi connectivity index (χ3n) is 7.62. The Morgan fingerprint density at radius 3 is 2.31 bits per heavy atom. The predicted octanol–water partition coefficient (Wildman–Crippen LogP) is 4.74. The molecule has 3 aromatic rings. The van der Waals surface area contributed by atoms with E-state index in [1.807, 2.05) is 36.4 Å². The van der Waals surface area contributed by atoms with Crippen molar-refractivity contribution in [3.8, 4) is 0 Å². The van der Waals surface area contributed by atoms with E-state index in [4.69, 9.17) is 0 Å². The topological polar surface area (TPSA) is 93.8 Å². The fourth-order valence-electron chi connectivity index (χ4n) is 5.03. The van der Waals surface area contributed by atoms with Crippen molar-refractivity contribution < 1.29 is 18.2 Å². The Morgan fingerprint density at radius 1 is 1.00 bits per heavy atom. The van der Waals surface area contributed by atoms with Crippen LogP contribution in [-0.4, -0.2) is 58.7 Å². The number of likely N-dealkylation sites (N-methyl/N-ethyl adjacent to an activating group) is 1. The van der Waals surface area contributed by atoms with Gasteiger partial charge in [-0.25, -0.2) is 4.39 Å². The molecular weight excluding hydrogens is 553 g/mol. The van der Waals surface area contributed by atoms with Crippen LogP contribution in [0.15, 0.2) is 72.9 Å². The van der Waals surface area contributed by atoms with Crippen molar-refractivity contribution in [1.82, 2.24) is 10.2 Å². The van der Waals surface area contributed by atoms with Crippen LogP contribution in [0.1, 0.15) is 42.3 Å². The van der Waals surface area contributed by atoms with Gasteiger partial charge in [0.1, 0.15) is 0 Å². The number of nitrogens with zero attached hydrogens (tertiary/aromatic N) is 2. The first-order chi connectivity index (χ1) is 20.0. The maximum atomic E-state index is 15.8. The summed E-state index contributed by atoms with van der Waals surface area (Å²) in [5.41, 5.74) is 3.98. The standard InChI is InChI=1S/C32H36FN5O3S/c1-32(2,3)22-10-8-21(9-11-22)30(39)36-26-7-5-6-25(28(26)33)27-20-34-31(40)29(37(27)4)35-23-12-14-24(15-13-23)38-16-18-42(41)19-17-38/h5-15,20,29,35H,16-19H2,1-4H3,(H,34,40)(H,36,39). The zero-order valence-corrected chi connectivity index (χ0v) is 25.1. The fourth-order valence-corrected chi connectivity index (χ4v) is 6.08. The summed E-state index contributed by atoms with van der Waals surface area (Å²) < 4.78 is 27.5. The minimum Gasteiger partial charge on any atom is -0.370 e. The first kappa shape index (κ1) is 29.3. The molecule has 1 fully saturated rings. The lowest BCUT2D eigenvalue weighted by molar-refractivity contribution is -0.123. The van der Waals surface area contributed by atoms with Gasteiger partial charge >= 0.3 is 0 Å². The molecule has 2 aliphatic heterocycles. The number of amides is 2. The number of rotatable bonds is 6. The summed E-state index contributed by atoms with van der Waals surface area (Å²) in [4.78, 5) is 29.6. The number of hydrogen-bond acceptors (Lipinski definition) is 6. The molecule has 0 spiro atoms. The van der Waals surface area contributed by atoms with Crippen LogP contribution in [0.3, 0.4) is 0 Å².